The Balaban J connectivity index is 0.000000293. The molecule has 0 saturated carbocycles. The fourth-order valence-electron chi connectivity index (χ4n) is 4.29. The van der Waals surface area contributed by atoms with Crippen molar-refractivity contribution in [3.63, 3.8) is 0 Å². The van der Waals surface area contributed by atoms with Crippen molar-refractivity contribution in [3.8, 4) is 11.5 Å². The van der Waals surface area contributed by atoms with E-state index < -0.39 is 30.1 Å². The molecule has 10 heteroatoms. The highest BCUT2D eigenvalue weighted by molar-refractivity contribution is 5.94. The number of aromatic hydroxyl groups is 1. The van der Waals surface area contributed by atoms with E-state index in [1.807, 2.05) is 13.1 Å². The van der Waals surface area contributed by atoms with Crippen LogP contribution in [0.25, 0.3) is 0 Å². The van der Waals surface area contributed by atoms with Gasteiger partial charge < -0.3 is 29.9 Å². The smallest absolute Gasteiger partial charge is 0.338 e. The van der Waals surface area contributed by atoms with Crippen LogP contribution in [-0.2, 0) is 14.3 Å². The van der Waals surface area contributed by atoms with E-state index in [1.54, 1.807) is 6.07 Å². The van der Waals surface area contributed by atoms with Crippen molar-refractivity contribution >= 4 is 17.9 Å². The summed E-state index contributed by atoms with van der Waals surface area (Å²) in [5.41, 5.74) is 2.28. The summed E-state index contributed by atoms with van der Waals surface area (Å²) >= 11 is 0. The fraction of sp³-hybridized carbons (Fsp3) is 0.381. The number of hydrogen-bond donors (Lipinski definition) is 4. The molecule has 0 bridgehead atoms. The summed E-state index contributed by atoms with van der Waals surface area (Å²) in [6, 6.07) is 3.17. The predicted octanol–water partition coefficient (Wildman–Crippen LogP) is 0.740. The molecule has 4 N–H and O–H groups in total. The van der Waals surface area contributed by atoms with Gasteiger partial charge in [-0.3, -0.25) is 4.90 Å². The van der Waals surface area contributed by atoms with Gasteiger partial charge in [0.1, 0.15) is 12.2 Å². The number of hydrogen-bond acceptors (Lipinski definition) is 8. The molecule has 1 aromatic rings. The summed E-state index contributed by atoms with van der Waals surface area (Å²) in [6.45, 7) is 0.901. The molecule has 1 saturated heterocycles. The van der Waals surface area contributed by atoms with E-state index in [4.69, 9.17) is 19.7 Å². The largest absolute Gasteiger partial charge is 0.504 e. The number of esters is 1. The summed E-state index contributed by atoms with van der Waals surface area (Å²) in [6.07, 6.45) is 2.38. The maximum atomic E-state index is 12.3. The minimum absolute atomic E-state index is 0.00839. The average molecular weight is 433 g/mol. The topological polar surface area (TPSA) is 154 Å². The molecule has 3 aliphatic rings. The van der Waals surface area contributed by atoms with Crippen LogP contribution in [-0.4, -0.2) is 82.2 Å². The van der Waals surface area contributed by atoms with Crippen molar-refractivity contribution in [2.75, 3.05) is 20.7 Å². The van der Waals surface area contributed by atoms with Gasteiger partial charge in [-0.2, -0.15) is 0 Å². The van der Waals surface area contributed by atoms with Crippen molar-refractivity contribution in [2.24, 2.45) is 0 Å². The van der Waals surface area contributed by atoms with Gasteiger partial charge in [-0.05, 0) is 31.2 Å². The highest BCUT2D eigenvalue weighted by atomic mass is 16.6. The molecule has 10 nitrogen and oxygen atoms in total. The molecule has 4 unspecified atom stereocenters. The molecule has 0 radical (unpaired) electrons. The maximum absolute atomic E-state index is 12.3. The highest BCUT2D eigenvalue weighted by Crippen LogP contribution is 2.47. The first kappa shape index (κ1) is 22.3. The van der Waals surface area contributed by atoms with Crippen LogP contribution in [0.1, 0.15) is 28.3 Å². The van der Waals surface area contributed by atoms with Gasteiger partial charge >= 0.3 is 17.9 Å². The number of benzene rings is 1. The van der Waals surface area contributed by atoms with E-state index in [9.17, 15) is 24.6 Å². The fourth-order valence-corrected chi connectivity index (χ4v) is 4.29. The van der Waals surface area contributed by atoms with Gasteiger partial charge in [0, 0.05) is 30.7 Å². The number of carboxylic acid groups (broad SMARTS) is 2. The van der Waals surface area contributed by atoms with E-state index in [1.165, 1.54) is 18.7 Å². The van der Waals surface area contributed by atoms with Crippen LogP contribution in [0.5, 0.6) is 11.5 Å². The van der Waals surface area contributed by atoms with Crippen LogP contribution in [0, 0.1) is 0 Å². The normalized spacial score (nSPS) is 26.5. The second-order valence-corrected chi connectivity index (χ2v) is 7.42. The summed E-state index contributed by atoms with van der Waals surface area (Å²) in [4.78, 5) is 33.6. The third-order valence-electron chi connectivity index (χ3n) is 5.57. The van der Waals surface area contributed by atoms with Crippen LogP contribution in [0.15, 0.2) is 35.9 Å². The molecule has 1 fully saturated rings. The first-order valence-corrected chi connectivity index (χ1v) is 9.48. The number of carbonyl (C=O) groups is 3. The zero-order chi connectivity index (χ0) is 22.9. The summed E-state index contributed by atoms with van der Waals surface area (Å²) in [7, 11) is 3.47. The standard InChI is InChI=1S/C17H19NO5.C4H4O4/c1-18-4-3-8-5-12(20)16-14(15(8)18)9-6-11(19)13(22-2)7-10(9)17(21)23-16;5-3(6)1-2-4(7)8/h5-7,12,14-16,19-20H,3-4H2,1-2H3;1-2H,(H,5,6)(H,7,8)/b;2-1+. The summed E-state index contributed by atoms with van der Waals surface area (Å²) in [5, 5.41) is 36.2. The van der Waals surface area contributed by atoms with Crippen molar-refractivity contribution in [1.29, 1.82) is 0 Å². The van der Waals surface area contributed by atoms with Gasteiger partial charge in [0.05, 0.1) is 12.7 Å². The number of fused-ring (bicyclic) bond motifs is 5. The first-order valence-electron chi connectivity index (χ1n) is 9.48. The summed E-state index contributed by atoms with van der Waals surface area (Å²) < 4.78 is 10.6. The number of carboxylic acids is 2. The number of aliphatic hydroxyl groups excluding tert-OH is 1. The second kappa shape index (κ2) is 8.78. The molecule has 2 aliphatic heterocycles. The Morgan fingerprint density at radius 1 is 1.23 bits per heavy atom. The number of rotatable bonds is 3. The van der Waals surface area contributed by atoms with Crippen LogP contribution in [0.2, 0.25) is 0 Å². The minimum Gasteiger partial charge on any atom is -0.504 e. The average Bonchev–Trinajstić information content (AvgIpc) is 3.07. The van der Waals surface area contributed by atoms with Crippen molar-refractivity contribution in [1.82, 2.24) is 4.90 Å². The quantitative estimate of drug-likeness (QED) is 0.305. The van der Waals surface area contributed by atoms with Gasteiger partial charge in [-0.1, -0.05) is 11.6 Å². The van der Waals surface area contributed by atoms with Crippen LogP contribution in [0.3, 0.4) is 0 Å². The van der Waals surface area contributed by atoms with E-state index in [-0.39, 0.29) is 23.5 Å². The molecular formula is C21H23NO9. The van der Waals surface area contributed by atoms with Crippen LogP contribution < -0.4 is 4.74 Å². The zero-order valence-corrected chi connectivity index (χ0v) is 16.9. The number of ether oxygens (including phenoxy) is 2. The number of aliphatic hydroxyl groups is 1. The minimum atomic E-state index is -1.26. The summed E-state index contributed by atoms with van der Waals surface area (Å²) in [5.74, 6) is -2.96. The Morgan fingerprint density at radius 2 is 1.87 bits per heavy atom. The molecule has 166 valence electrons. The van der Waals surface area contributed by atoms with Gasteiger partial charge in [0.15, 0.2) is 11.5 Å². The van der Waals surface area contributed by atoms with Crippen molar-refractivity contribution < 1.29 is 44.3 Å². The number of likely N-dealkylation sites (tertiary alicyclic amines) is 1. The maximum Gasteiger partial charge on any atom is 0.338 e. The van der Waals surface area contributed by atoms with Gasteiger partial charge in [-0.15, -0.1) is 0 Å². The van der Waals surface area contributed by atoms with E-state index in [2.05, 4.69) is 4.90 Å². The molecule has 0 aromatic heterocycles. The SMILES string of the molecule is COc1cc2c(cc1O)C1C(OC2=O)C(O)C=C2CCN(C)C21.O=C(O)/C=C/C(=O)O. The Kier molecular flexibility index (Phi) is 6.32. The lowest BCUT2D eigenvalue weighted by Gasteiger charge is -2.43. The number of nitrogens with zero attached hydrogens (tertiary/aromatic N) is 1. The van der Waals surface area contributed by atoms with Gasteiger partial charge in [0.25, 0.3) is 0 Å². The molecule has 31 heavy (non-hydrogen) atoms. The number of aliphatic carboxylic acids is 2. The van der Waals surface area contributed by atoms with Gasteiger partial charge in [-0.25, -0.2) is 14.4 Å². The number of likely N-dealkylation sites (N-methyl/N-ethyl adjacent to an activating group) is 1. The van der Waals surface area contributed by atoms with E-state index >= 15 is 0 Å². The molecule has 2 heterocycles. The zero-order valence-electron chi connectivity index (χ0n) is 16.9. The number of phenolic OH excluding ortho intramolecular Hbond substituents is 1. The van der Waals surface area contributed by atoms with E-state index in [0.717, 1.165) is 13.0 Å². The van der Waals surface area contributed by atoms with Gasteiger partial charge in [0.2, 0.25) is 0 Å². The molecule has 4 atom stereocenters. The van der Waals surface area contributed by atoms with E-state index in [0.29, 0.717) is 23.3 Å². The molecule has 1 aromatic carbocycles. The van der Waals surface area contributed by atoms with Crippen molar-refractivity contribution in [3.05, 3.63) is 47.1 Å². The van der Waals surface area contributed by atoms with Crippen LogP contribution in [0.4, 0.5) is 0 Å². The predicted molar refractivity (Wildman–Crippen MR) is 106 cm³/mol. The third-order valence-corrected chi connectivity index (χ3v) is 5.57. The third kappa shape index (κ3) is 4.39. The molecule has 0 spiro atoms. The monoisotopic (exact) mass is 433 g/mol. The lowest BCUT2D eigenvalue weighted by atomic mass is 9.74. The number of carbonyl (C=O) groups excluding carboxylic acids is 1. The lowest BCUT2D eigenvalue weighted by molar-refractivity contribution is -0.134. The highest BCUT2D eigenvalue weighted by Gasteiger charge is 2.50. The Morgan fingerprint density at radius 3 is 2.45 bits per heavy atom. The number of methoxy groups -OCH3 is 1. The van der Waals surface area contributed by atoms with Crippen molar-refractivity contribution in [2.45, 2.75) is 30.6 Å². The number of phenols is 1. The molecule has 4 rings (SSSR count). The van der Waals surface area contributed by atoms with Crippen LogP contribution >= 0.6 is 0 Å². The Bertz CT molecular complexity index is 952. The Hall–Kier alpha value is -3.37. The second-order valence-electron chi connectivity index (χ2n) is 7.42. The molecule has 1 aliphatic carbocycles. The first-order chi connectivity index (χ1) is 14.6. The lowest BCUT2D eigenvalue weighted by Crippen LogP contribution is -2.50. The molecular weight excluding hydrogens is 410 g/mol. The Labute approximate surface area is 177 Å². The molecule has 0 amide bonds.